The summed E-state index contributed by atoms with van der Waals surface area (Å²) in [6.45, 7) is 9.47. The van der Waals surface area contributed by atoms with E-state index in [0.29, 0.717) is 5.69 Å². The molecule has 2 rings (SSSR count). The number of carbonyl (C=O) groups is 1. The lowest BCUT2D eigenvalue weighted by Crippen LogP contribution is -2.31. The molecular formula is C18H22ClFN2O2. The molecule has 4 nitrogen and oxygen atoms in total. The molecule has 0 bridgehead atoms. The predicted molar refractivity (Wildman–Crippen MR) is 92.4 cm³/mol. The second kappa shape index (κ2) is 6.55. The lowest BCUT2D eigenvalue weighted by molar-refractivity contribution is -0.143. The van der Waals surface area contributed by atoms with E-state index in [-0.39, 0.29) is 23.0 Å². The van der Waals surface area contributed by atoms with Crippen LogP contribution in [0.4, 0.5) is 4.39 Å². The number of carbonyl (C=O) groups excluding carboxylic acids is 1. The van der Waals surface area contributed by atoms with Crippen molar-refractivity contribution in [3.05, 3.63) is 41.8 Å². The van der Waals surface area contributed by atoms with Crippen molar-refractivity contribution >= 4 is 17.6 Å². The van der Waals surface area contributed by atoms with Gasteiger partial charge < -0.3 is 4.74 Å². The Hall–Kier alpha value is -1.88. The minimum Gasteiger partial charge on any atom is -0.407 e. The fourth-order valence-electron chi connectivity index (χ4n) is 1.86. The Morgan fingerprint density at radius 3 is 2.29 bits per heavy atom. The molecule has 0 aliphatic rings. The normalized spacial score (nSPS) is 12.3. The zero-order valence-electron chi connectivity index (χ0n) is 14.6. The summed E-state index contributed by atoms with van der Waals surface area (Å²) in [5.74, 6) is -0.359. The van der Waals surface area contributed by atoms with E-state index in [1.165, 1.54) is 16.8 Å². The van der Waals surface area contributed by atoms with Gasteiger partial charge in [-0.25, -0.2) is 9.07 Å². The van der Waals surface area contributed by atoms with E-state index in [4.69, 9.17) is 16.3 Å². The van der Waals surface area contributed by atoms with Crippen molar-refractivity contribution in [2.75, 3.05) is 5.88 Å². The SMILES string of the molecule is CC(C)(CCl)C(=O)Oc1cc(C(C)(C)C)nn1-c1ccc(F)cc1. The number of rotatable bonds is 4. The quantitative estimate of drug-likeness (QED) is 0.602. The van der Waals surface area contributed by atoms with Crippen LogP contribution in [0.2, 0.25) is 0 Å². The summed E-state index contributed by atoms with van der Waals surface area (Å²) in [6, 6.07) is 7.56. The Morgan fingerprint density at radius 2 is 1.79 bits per heavy atom. The van der Waals surface area contributed by atoms with Crippen LogP contribution in [0, 0.1) is 11.2 Å². The molecule has 0 aliphatic carbocycles. The third-order valence-corrected chi connectivity index (χ3v) is 4.27. The molecular weight excluding hydrogens is 331 g/mol. The number of benzene rings is 1. The monoisotopic (exact) mass is 352 g/mol. The van der Waals surface area contributed by atoms with Gasteiger partial charge in [0.25, 0.3) is 0 Å². The molecule has 0 atom stereocenters. The van der Waals surface area contributed by atoms with E-state index in [0.717, 1.165) is 5.69 Å². The number of ether oxygens (including phenoxy) is 1. The van der Waals surface area contributed by atoms with Gasteiger partial charge in [0.05, 0.1) is 16.8 Å². The Labute approximate surface area is 146 Å². The highest BCUT2D eigenvalue weighted by Gasteiger charge is 2.31. The lowest BCUT2D eigenvalue weighted by Gasteiger charge is -2.19. The van der Waals surface area contributed by atoms with E-state index in [1.807, 2.05) is 20.8 Å². The highest BCUT2D eigenvalue weighted by atomic mass is 35.5. The standard InChI is InChI=1S/C18H22ClFN2O2/c1-17(2,3)14-10-15(24-16(23)18(4,5)11-19)22(21-14)13-8-6-12(20)7-9-13/h6-10H,11H2,1-5H3. The summed E-state index contributed by atoms with van der Waals surface area (Å²) < 4.78 is 20.2. The molecule has 24 heavy (non-hydrogen) atoms. The lowest BCUT2D eigenvalue weighted by atomic mass is 9.92. The summed E-state index contributed by atoms with van der Waals surface area (Å²) in [5.41, 5.74) is 0.326. The maximum Gasteiger partial charge on any atom is 0.319 e. The number of hydrogen-bond donors (Lipinski definition) is 0. The van der Waals surface area contributed by atoms with Gasteiger partial charge in [-0.15, -0.1) is 11.6 Å². The highest BCUT2D eigenvalue weighted by molar-refractivity contribution is 6.19. The zero-order valence-corrected chi connectivity index (χ0v) is 15.3. The van der Waals surface area contributed by atoms with Crippen LogP contribution in [0.1, 0.15) is 40.3 Å². The molecule has 1 heterocycles. The number of halogens is 2. The summed E-state index contributed by atoms with van der Waals surface area (Å²) in [4.78, 5) is 12.4. The third-order valence-electron chi connectivity index (χ3n) is 3.60. The van der Waals surface area contributed by atoms with Crippen LogP contribution in [-0.2, 0) is 10.2 Å². The summed E-state index contributed by atoms with van der Waals surface area (Å²) in [5, 5.41) is 4.53. The average Bonchev–Trinajstić information content (AvgIpc) is 2.92. The Morgan fingerprint density at radius 1 is 1.21 bits per heavy atom. The third kappa shape index (κ3) is 3.96. The van der Waals surface area contributed by atoms with Crippen molar-refractivity contribution in [3.63, 3.8) is 0 Å². The zero-order chi connectivity index (χ0) is 18.1. The van der Waals surface area contributed by atoms with Crippen LogP contribution in [0.15, 0.2) is 30.3 Å². The smallest absolute Gasteiger partial charge is 0.319 e. The second-order valence-corrected chi connectivity index (χ2v) is 7.68. The van der Waals surface area contributed by atoms with Gasteiger partial charge in [0.1, 0.15) is 5.82 Å². The first-order chi connectivity index (χ1) is 11.0. The first-order valence-electron chi connectivity index (χ1n) is 7.69. The maximum atomic E-state index is 13.2. The Bertz CT molecular complexity index is 730. The van der Waals surface area contributed by atoms with E-state index >= 15 is 0 Å². The van der Waals surface area contributed by atoms with Gasteiger partial charge in [-0.2, -0.15) is 5.10 Å². The summed E-state index contributed by atoms with van der Waals surface area (Å²) in [7, 11) is 0. The largest absolute Gasteiger partial charge is 0.407 e. The number of aromatic nitrogens is 2. The van der Waals surface area contributed by atoms with Crippen molar-refractivity contribution in [3.8, 4) is 11.6 Å². The highest BCUT2D eigenvalue weighted by Crippen LogP contribution is 2.29. The number of hydrogen-bond acceptors (Lipinski definition) is 3. The first-order valence-corrected chi connectivity index (χ1v) is 8.23. The molecule has 0 aliphatic heterocycles. The molecule has 0 radical (unpaired) electrons. The van der Waals surface area contributed by atoms with Gasteiger partial charge >= 0.3 is 5.97 Å². The molecule has 0 saturated heterocycles. The maximum absolute atomic E-state index is 13.2. The summed E-state index contributed by atoms with van der Waals surface area (Å²) >= 11 is 5.84. The molecule has 0 saturated carbocycles. The molecule has 1 aromatic carbocycles. The minimum atomic E-state index is -0.818. The molecule has 0 N–H and O–H groups in total. The van der Waals surface area contributed by atoms with Gasteiger partial charge in [-0.3, -0.25) is 4.79 Å². The molecule has 2 aromatic rings. The van der Waals surface area contributed by atoms with Crippen LogP contribution in [0.3, 0.4) is 0 Å². The van der Waals surface area contributed by atoms with E-state index in [9.17, 15) is 9.18 Å². The van der Waals surface area contributed by atoms with Crippen molar-refractivity contribution in [2.45, 2.75) is 40.0 Å². The second-order valence-electron chi connectivity index (χ2n) is 7.41. The van der Waals surface area contributed by atoms with Crippen LogP contribution >= 0.6 is 11.6 Å². The van der Waals surface area contributed by atoms with Gasteiger partial charge in [0.2, 0.25) is 5.88 Å². The van der Waals surface area contributed by atoms with Crippen LogP contribution in [0.25, 0.3) is 5.69 Å². The molecule has 0 unspecified atom stereocenters. The van der Waals surface area contributed by atoms with Gasteiger partial charge in [-0.05, 0) is 38.1 Å². The van der Waals surface area contributed by atoms with Crippen LogP contribution < -0.4 is 4.74 Å². The average molecular weight is 353 g/mol. The minimum absolute atomic E-state index is 0.142. The van der Waals surface area contributed by atoms with Crippen molar-refractivity contribution in [1.29, 1.82) is 0 Å². The van der Waals surface area contributed by atoms with E-state index in [2.05, 4.69) is 5.10 Å². The number of esters is 1. The fraction of sp³-hybridized carbons (Fsp3) is 0.444. The van der Waals surface area contributed by atoms with E-state index in [1.54, 1.807) is 32.0 Å². The molecule has 130 valence electrons. The van der Waals surface area contributed by atoms with Gasteiger partial charge in [-0.1, -0.05) is 20.8 Å². The predicted octanol–water partition coefficient (Wildman–Crippen LogP) is 4.48. The van der Waals surface area contributed by atoms with Gasteiger partial charge in [0.15, 0.2) is 0 Å². The fourth-order valence-corrected chi connectivity index (χ4v) is 1.97. The van der Waals surface area contributed by atoms with Crippen LogP contribution in [0.5, 0.6) is 5.88 Å². The Kier molecular flexibility index (Phi) is 5.04. The Balaban J connectivity index is 2.47. The molecule has 0 amide bonds. The summed E-state index contributed by atoms with van der Waals surface area (Å²) in [6.07, 6.45) is 0. The number of nitrogens with zero attached hydrogens (tertiary/aromatic N) is 2. The molecule has 6 heteroatoms. The van der Waals surface area contributed by atoms with Crippen molar-refractivity contribution in [1.82, 2.24) is 9.78 Å². The van der Waals surface area contributed by atoms with Crippen molar-refractivity contribution in [2.24, 2.45) is 5.41 Å². The van der Waals surface area contributed by atoms with Gasteiger partial charge in [0, 0.05) is 17.4 Å². The number of alkyl halides is 1. The molecule has 0 spiro atoms. The first kappa shape index (κ1) is 18.5. The van der Waals surface area contributed by atoms with Crippen molar-refractivity contribution < 1.29 is 13.9 Å². The molecule has 1 aromatic heterocycles. The topological polar surface area (TPSA) is 44.1 Å². The van der Waals surface area contributed by atoms with Crippen LogP contribution in [-0.4, -0.2) is 21.6 Å². The van der Waals surface area contributed by atoms with E-state index < -0.39 is 11.4 Å². The molecule has 0 fully saturated rings.